The maximum Gasteiger partial charge on any atom is 0.286 e. The van der Waals surface area contributed by atoms with Gasteiger partial charge in [-0.3, -0.25) is 14.9 Å². The number of carbonyl (C=O) groups excluding carboxylic acids is 2. The summed E-state index contributed by atoms with van der Waals surface area (Å²) in [6, 6.07) is 18.3. The Balaban J connectivity index is 1.25. The van der Waals surface area contributed by atoms with Gasteiger partial charge in [-0.2, -0.15) is 0 Å². The van der Waals surface area contributed by atoms with E-state index in [4.69, 9.17) is 9.47 Å². The van der Waals surface area contributed by atoms with Crippen molar-refractivity contribution >= 4 is 33.9 Å². The maximum absolute atomic E-state index is 12.1. The molecule has 0 bridgehead atoms. The molecule has 1 aliphatic rings. The number of nitrogens with one attached hydrogen (secondary N) is 1. The fraction of sp³-hybridized carbons (Fsp3) is 0.222. The van der Waals surface area contributed by atoms with E-state index < -0.39 is 4.75 Å². The van der Waals surface area contributed by atoms with Gasteiger partial charge in [-0.1, -0.05) is 12.1 Å². The van der Waals surface area contributed by atoms with Gasteiger partial charge in [0.15, 0.2) is 0 Å². The second-order valence-electron chi connectivity index (χ2n) is 8.97. The fourth-order valence-corrected chi connectivity index (χ4v) is 5.03. The predicted molar refractivity (Wildman–Crippen MR) is 138 cm³/mol. The second kappa shape index (κ2) is 9.23. The minimum absolute atomic E-state index is 0.231. The van der Waals surface area contributed by atoms with Gasteiger partial charge in [-0.05, 0) is 85.6 Å². The number of thioether (sulfide) groups is 1. The Morgan fingerprint density at radius 2 is 1.72 bits per heavy atom. The lowest BCUT2D eigenvalue weighted by Crippen LogP contribution is -2.35. The van der Waals surface area contributed by atoms with Gasteiger partial charge in [0.05, 0.1) is 11.0 Å². The third-order valence-electron chi connectivity index (χ3n) is 6.20. The zero-order chi connectivity index (χ0) is 25.4. The molecular weight excluding hydrogens is 478 g/mol. The number of phenols is 1. The average molecular weight is 504 g/mol. The molecule has 1 atom stereocenters. The summed E-state index contributed by atoms with van der Waals surface area (Å²) >= 11 is 1.03. The molecule has 5 rings (SSSR count). The van der Waals surface area contributed by atoms with Crippen molar-refractivity contribution < 1.29 is 24.2 Å². The summed E-state index contributed by atoms with van der Waals surface area (Å²) in [7, 11) is 1.93. The van der Waals surface area contributed by atoms with Crippen LogP contribution in [0.1, 0.15) is 23.9 Å². The maximum atomic E-state index is 12.1. The first-order valence-electron chi connectivity index (χ1n) is 11.4. The molecule has 3 aromatic carbocycles. The van der Waals surface area contributed by atoms with Crippen LogP contribution in [-0.2, 0) is 24.9 Å². The summed E-state index contributed by atoms with van der Waals surface area (Å²) in [5, 5.41) is 11.8. The Morgan fingerprint density at radius 3 is 2.42 bits per heavy atom. The van der Waals surface area contributed by atoms with Crippen LogP contribution in [-0.4, -0.2) is 30.6 Å². The number of nitrogens with zero attached hydrogens (tertiary/aromatic N) is 2. The molecule has 1 aromatic heterocycles. The summed E-state index contributed by atoms with van der Waals surface area (Å²) in [6.45, 7) is 3.88. The topological polar surface area (TPSA) is 103 Å². The number of aromatic nitrogens is 2. The van der Waals surface area contributed by atoms with Crippen molar-refractivity contribution in [2.24, 2.45) is 7.05 Å². The first-order chi connectivity index (χ1) is 17.2. The molecule has 0 saturated carbocycles. The molecule has 2 heterocycles. The lowest BCUT2D eigenvalue weighted by molar-refractivity contribution is -0.121. The van der Waals surface area contributed by atoms with Crippen LogP contribution in [0.15, 0.2) is 60.7 Å². The normalized spacial score (nSPS) is 17.4. The van der Waals surface area contributed by atoms with Crippen molar-refractivity contribution in [3.63, 3.8) is 0 Å². The second-order valence-corrected chi connectivity index (χ2v) is 10.4. The van der Waals surface area contributed by atoms with Crippen LogP contribution in [0, 0.1) is 6.92 Å². The zero-order valence-electron chi connectivity index (χ0n) is 20.1. The third-order valence-corrected chi connectivity index (χ3v) is 7.26. The number of hydrogen-bond donors (Lipinski definition) is 2. The Morgan fingerprint density at radius 1 is 1.03 bits per heavy atom. The molecule has 0 aliphatic carbocycles. The molecule has 2 N–H and O–H groups in total. The van der Waals surface area contributed by atoms with E-state index in [0.29, 0.717) is 23.7 Å². The largest absolute Gasteiger partial charge is 0.508 e. The van der Waals surface area contributed by atoms with E-state index in [1.54, 1.807) is 25.1 Å². The molecule has 0 spiro atoms. The van der Waals surface area contributed by atoms with E-state index in [-0.39, 0.29) is 23.5 Å². The van der Waals surface area contributed by atoms with Crippen molar-refractivity contribution in [3.8, 4) is 23.0 Å². The van der Waals surface area contributed by atoms with E-state index in [9.17, 15) is 14.7 Å². The van der Waals surface area contributed by atoms with Crippen LogP contribution in [0.4, 0.5) is 4.79 Å². The molecule has 9 heteroatoms. The Labute approximate surface area is 212 Å². The number of imide groups is 1. The first kappa shape index (κ1) is 23.7. The number of phenolic OH excluding ortho intramolecular Hbond substituents is 1. The van der Waals surface area contributed by atoms with Gasteiger partial charge < -0.3 is 19.1 Å². The quantitative estimate of drug-likeness (QED) is 0.355. The first-order valence-corrected chi connectivity index (χ1v) is 12.2. The molecule has 1 unspecified atom stereocenters. The lowest BCUT2D eigenvalue weighted by atomic mass is 9.99. The van der Waals surface area contributed by atoms with Gasteiger partial charge in [-0.25, -0.2) is 4.98 Å². The van der Waals surface area contributed by atoms with Crippen molar-refractivity contribution in [1.29, 1.82) is 0 Å². The number of fused-ring (bicyclic) bond motifs is 1. The monoisotopic (exact) mass is 503 g/mol. The number of imidazole rings is 1. The molecule has 1 aliphatic heterocycles. The van der Waals surface area contributed by atoms with Crippen LogP contribution < -0.4 is 14.8 Å². The van der Waals surface area contributed by atoms with Gasteiger partial charge in [0.1, 0.15) is 40.2 Å². The van der Waals surface area contributed by atoms with Crippen molar-refractivity contribution in [1.82, 2.24) is 14.9 Å². The van der Waals surface area contributed by atoms with E-state index in [1.807, 2.05) is 61.0 Å². The average Bonchev–Trinajstić information content (AvgIpc) is 3.29. The Kier molecular flexibility index (Phi) is 6.09. The molecule has 8 nitrogen and oxygen atoms in total. The lowest BCUT2D eigenvalue weighted by Gasteiger charge is -2.18. The molecule has 2 amide bonds. The van der Waals surface area contributed by atoms with Crippen LogP contribution in [0.3, 0.4) is 0 Å². The highest BCUT2D eigenvalue weighted by Crippen LogP contribution is 2.35. The molecule has 1 fully saturated rings. The number of aromatic hydroxyl groups is 1. The van der Waals surface area contributed by atoms with E-state index in [2.05, 4.69) is 10.3 Å². The molecule has 0 radical (unpaired) electrons. The number of aryl methyl sites for hydroxylation is 2. The minimum Gasteiger partial charge on any atom is -0.508 e. The van der Waals surface area contributed by atoms with E-state index >= 15 is 0 Å². The van der Waals surface area contributed by atoms with Crippen LogP contribution >= 0.6 is 11.8 Å². The van der Waals surface area contributed by atoms with E-state index in [1.165, 1.54) is 0 Å². The molecule has 1 saturated heterocycles. The van der Waals surface area contributed by atoms with Crippen LogP contribution in [0.5, 0.6) is 23.0 Å². The number of hydrogen-bond acceptors (Lipinski definition) is 7. The van der Waals surface area contributed by atoms with Crippen molar-refractivity contribution in [2.75, 3.05) is 0 Å². The number of amides is 2. The van der Waals surface area contributed by atoms with E-state index in [0.717, 1.165) is 39.7 Å². The van der Waals surface area contributed by atoms with Gasteiger partial charge in [0.25, 0.3) is 5.24 Å². The Bertz CT molecular complexity index is 1480. The molecule has 4 aromatic rings. The number of carbonyl (C=O) groups is 2. The molecule has 184 valence electrons. The zero-order valence-corrected chi connectivity index (χ0v) is 20.9. The number of benzene rings is 3. The van der Waals surface area contributed by atoms with Gasteiger partial charge >= 0.3 is 0 Å². The molecular formula is C27H25N3O5S. The predicted octanol–water partition coefficient (Wildman–Crippen LogP) is 5.24. The van der Waals surface area contributed by atoms with Crippen molar-refractivity contribution in [3.05, 3.63) is 77.6 Å². The summed E-state index contributed by atoms with van der Waals surface area (Å²) in [5.41, 5.74) is 3.43. The highest BCUT2D eigenvalue weighted by molar-refractivity contribution is 8.16. The van der Waals surface area contributed by atoms with Crippen LogP contribution in [0.2, 0.25) is 0 Å². The summed E-state index contributed by atoms with van der Waals surface area (Å²) in [6.07, 6.45) is 0.453. The van der Waals surface area contributed by atoms with Gasteiger partial charge in [0, 0.05) is 13.1 Å². The van der Waals surface area contributed by atoms with Gasteiger partial charge in [0.2, 0.25) is 5.91 Å². The third kappa shape index (κ3) is 4.74. The Hall–Kier alpha value is -3.98. The summed E-state index contributed by atoms with van der Waals surface area (Å²) in [5.74, 6) is 2.73. The van der Waals surface area contributed by atoms with Crippen molar-refractivity contribution in [2.45, 2.75) is 31.6 Å². The van der Waals surface area contributed by atoms with Crippen LogP contribution in [0.25, 0.3) is 11.0 Å². The number of ether oxygens (including phenoxy) is 2. The highest BCUT2D eigenvalue weighted by atomic mass is 32.2. The summed E-state index contributed by atoms with van der Waals surface area (Å²) in [4.78, 5) is 28.3. The highest BCUT2D eigenvalue weighted by Gasteiger charge is 2.43. The summed E-state index contributed by atoms with van der Waals surface area (Å²) < 4.78 is 13.1. The minimum atomic E-state index is -0.795. The molecule has 36 heavy (non-hydrogen) atoms. The smallest absolute Gasteiger partial charge is 0.286 e. The van der Waals surface area contributed by atoms with Gasteiger partial charge in [-0.15, -0.1) is 0 Å². The number of rotatable bonds is 7. The SMILES string of the molecule is Cc1cc(Oc2ccc3nc(COc4ccc(CC5(C)SC(=O)NC5=O)cc4)n(C)c3c2)ccc1O. The fourth-order valence-electron chi connectivity index (χ4n) is 4.10. The standard InChI is InChI=1S/C27H25N3O5S/c1-16-12-19(9-11-23(16)31)35-20-8-10-21-22(13-20)30(3)24(28-21)15-34-18-6-4-17(5-7-18)14-27(2)25(32)29-26(33)36-27/h4-13,31H,14-15H2,1-3H3,(H,29,32,33).